The molecule has 0 spiro atoms. The van der Waals surface area contributed by atoms with Crippen molar-refractivity contribution in [1.29, 1.82) is 0 Å². The van der Waals surface area contributed by atoms with E-state index in [1.165, 1.54) is 23.3 Å². The Labute approximate surface area is 193 Å². The minimum Gasteiger partial charge on any atom is -0.462 e. The minimum atomic E-state index is -0.391. The van der Waals surface area contributed by atoms with E-state index in [9.17, 15) is 9.59 Å². The number of nitrogens with zero attached hydrogens (tertiary/aromatic N) is 7. The van der Waals surface area contributed by atoms with Gasteiger partial charge >= 0.3 is 11.9 Å². The summed E-state index contributed by atoms with van der Waals surface area (Å²) >= 11 is 5.37. The van der Waals surface area contributed by atoms with Crippen molar-refractivity contribution in [1.82, 2.24) is 40.4 Å². The Hall–Kier alpha value is -4.19. The normalized spacial score (nSPS) is 9.55. The van der Waals surface area contributed by atoms with Crippen LogP contribution in [0.1, 0.15) is 34.6 Å². The lowest BCUT2D eigenvalue weighted by atomic mass is 10.4. The molecule has 0 aliphatic heterocycles. The molecule has 13 heteroatoms. The van der Waals surface area contributed by atoms with Crippen LogP contribution in [0.5, 0.6) is 0 Å². The van der Waals surface area contributed by atoms with Gasteiger partial charge in [0.2, 0.25) is 0 Å². The Morgan fingerprint density at radius 1 is 0.970 bits per heavy atom. The van der Waals surface area contributed by atoms with Crippen molar-refractivity contribution in [2.45, 2.75) is 13.8 Å². The second-order valence-corrected chi connectivity index (χ2v) is 6.12. The lowest BCUT2D eigenvalue weighted by Crippen LogP contribution is -2.03. The van der Waals surface area contributed by atoms with E-state index in [1.807, 2.05) is 0 Å². The second kappa shape index (κ2) is 14.0. The first kappa shape index (κ1) is 25.1. The van der Waals surface area contributed by atoms with Crippen LogP contribution >= 0.6 is 11.6 Å². The van der Waals surface area contributed by atoms with E-state index in [4.69, 9.17) is 16.3 Å². The minimum absolute atomic E-state index is 0.337. The van der Waals surface area contributed by atoms with Crippen molar-refractivity contribution in [2.75, 3.05) is 13.2 Å². The fourth-order valence-electron chi connectivity index (χ4n) is 2.04. The van der Waals surface area contributed by atoms with Gasteiger partial charge in [0.25, 0.3) is 0 Å². The number of carbonyl (C=O) groups excluding carboxylic acids is 2. The summed E-state index contributed by atoms with van der Waals surface area (Å²) < 4.78 is 11.0. The van der Waals surface area contributed by atoms with Crippen molar-refractivity contribution >= 4 is 23.5 Å². The number of halogens is 1. The van der Waals surface area contributed by atoms with Crippen molar-refractivity contribution in [3.05, 3.63) is 77.7 Å². The predicted octanol–water partition coefficient (Wildman–Crippen LogP) is 2.56. The van der Waals surface area contributed by atoms with Crippen LogP contribution < -0.4 is 0 Å². The standard InChI is InChI=1S/C10H10N4O2.C6H8N2O2.C4H3ClN2/c1-2-16-10(15)8-6-12-14(7-8)9-4-3-5-11-13-9;1-2-10-6(9)5-3-7-8-4-5;5-4-2-1-3-6-7-4/h3-7H,2H2,1H3;3-4H,2H2,1H3,(H,7,8);1-3H. The molecule has 0 aromatic carbocycles. The Kier molecular flexibility index (Phi) is 10.6. The van der Waals surface area contributed by atoms with Gasteiger partial charge in [0, 0.05) is 24.8 Å². The molecule has 1 N–H and O–H groups in total. The Bertz CT molecular complexity index is 1090. The highest BCUT2D eigenvalue weighted by Gasteiger charge is 2.10. The third-order valence-electron chi connectivity index (χ3n) is 3.44. The number of ether oxygens (including phenoxy) is 2. The topological polar surface area (TPSA) is 151 Å². The molecule has 4 aromatic heterocycles. The zero-order valence-corrected chi connectivity index (χ0v) is 18.6. The van der Waals surface area contributed by atoms with Gasteiger partial charge in [-0.2, -0.15) is 20.4 Å². The smallest absolute Gasteiger partial charge is 0.341 e. The summed E-state index contributed by atoms with van der Waals surface area (Å²) in [6.07, 6.45) is 9.07. The van der Waals surface area contributed by atoms with Crippen LogP contribution in [0.15, 0.2) is 61.4 Å². The third kappa shape index (κ3) is 8.83. The highest BCUT2D eigenvalue weighted by atomic mass is 35.5. The highest BCUT2D eigenvalue weighted by molar-refractivity contribution is 6.29. The van der Waals surface area contributed by atoms with Gasteiger partial charge in [-0.25, -0.2) is 14.3 Å². The largest absolute Gasteiger partial charge is 0.462 e. The first-order chi connectivity index (χ1) is 16.0. The molecule has 4 heterocycles. The van der Waals surface area contributed by atoms with E-state index in [0.29, 0.717) is 35.3 Å². The van der Waals surface area contributed by atoms with Gasteiger partial charge < -0.3 is 9.47 Å². The zero-order chi connectivity index (χ0) is 23.9. The monoisotopic (exact) mass is 472 g/mol. The number of nitrogens with one attached hydrogen (secondary N) is 1. The molecular weight excluding hydrogens is 452 g/mol. The molecule has 0 saturated heterocycles. The number of H-pyrrole nitrogens is 1. The van der Waals surface area contributed by atoms with Crippen LogP contribution in [-0.2, 0) is 9.47 Å². The molecule has 0 aliphatic carbocycles. The van der Waals surface area contributed by atoms with Gasteiger partial charge in [-0.15, -0.1) is 10.2 Å². The number of aromatic amines is 1. The Morgan fingerprint density at radius 2 is 1.64 bits per heavy atom. The first-order valence-corrected chi connectivity index (χ1v) is 10.0. The van der Waals surface area contributed by atoms with Crippen molar-refractivity contribution in [3.63, 3.8) is 0 Å². The Morgan fingerprint density at radius 3 is 2.12 bits per heavy atom. The number of hydrogen-bond donors (Lipinski definition) is 1. The molecule has 4 rings (SSSR count). The molecule has 0 saturated carbocycles. The summed E-state index contributed by atoms with van der Waals surface area (Å²) in [6.45, 7) is 4.25. The molecule has 0 bridgehead atoms. The fourth-order valence-corrected chi connectivity index (χ4v) is 2.16. The van der Waals surface area contributed by atoms with Crippen molar-refractivity contribution in [2.24, 2.45) is 0 Å². The zero-order valence-electron chi connectivity index (χ0n) is 17.8. The first-order valence-electron chi connectivity index (χ1n) is 9.64. The van der Waals surface area contributed by atoms with E-state index in [2.05, 4.69) is 40.4 Å². The number of aromatic nitrogens is 8. The van der Waals surface area contributed by atoms with E-state index < -0.39 is 5.97 Å². The van der Waals surface area contributed by atoms with Crippen LogP contribution in [0.2, 0.25) is 5.15 Å². The molecule has 0 amide bonds. The van der Waals surface area contributed by atoms with Gasteiger partial charge in [0.05, 0.1) is 36.7 Å². The van der Waals surface area contributed by atoms with Crippen molar-refractivity contribution < 1.29 is 19.1 Å². The molecule has 172 valence electrons. The number of esters is 2. The summed E-state index contributed by atoms with van der Waals surface area (Å²) in [5.74, 6) is -0.174. The fraction of sp³-hybridized carbons (Fsp3) is 0.200. The number of hydrogen-bond acceptors (Lipinski definition) is 10. The lowest BCUT2D eigenvalue weighted by molar-refractivity contribution is 0.0516. The molecule has 33 heavy (non-hydrogen) atoms. The summed E-state index contributed by atoms with van der Waals surface area (Å²) in [4.78, 5) is 22.2. The van der Waals surface area contributed by atoms with Gasteiger partial charge in [-0.05, 0) is 38.1 Å². The van der Waals surface area contributed by atoms with Crippen LogP contribution in [0.4, 0.5) is 0 Å². The highest BCUT2D eigenvalue weighted by Crippen LogP contribution is 2.05. The summed E-state index contributed by atoms with van der Waals surface area (Å²) in [5.41, 5.74) is 0.856. The predicted molar refractivity (Wildman–Crippen MR) is 117 cm³/mol. The van der Waals surface area contributed by atoms with Crippen LogP contribution in [0.25, 0.3) is 5.82 Å². The molecule has 12 nitrogen and oxygen atoms in total. The summed E-state index contributed by atoms with van der Waals surface area (Å²) in [5, 5.41) is 25.1. The summed E-state index contributed by atoms with van der Waals surface area (Å²) in [6, 6.07) is 6.90. The van der Waals surface area contributed by atoms with Crippen LogP contribution in [-0.4, -0.2) is 65.5 Å². The van der Waals surface area contributed by atoms with E-state index >= 15 is 0 Å². The van der Waals surface area contributed by atoms with E-state index in [0.717, 1.165) is 0 Å². The maximum Gasteiger partial charge on any atom is 0.341 e. The number of carbonyl (C=O) groups is 2. The molecule has 0 fully saturated rings. The molecule has 0 aliphatic rings. The van der Waals surface area contributed by atoms with Gasteiger partial charge in [-0.1, -0.05) is 11.6 Å². The maximum atomic E-state index is 11.4. The lowest BCUT2D eigenvalue weighted by Gasteiger charge is -1.97. The Balaban J connectivity index is 0.000000193. The SMILES string of the molecule is CCOC(=O)c1cn[nH]c1.CCOC(=O)c1cnn(-c2cccnn2)c1.Clc1cccnn1. The van der Waals surface area contributed by atoms with E-state index in [-0.39, 0.29) is 5.97 Å². The van der Waals surface area contributed by atoms with Gasteiger partial charge in [0.15, 0.2) is 11.0 Å². The maximum absolute atomic E-state index is 11.4. The average Bonchev–Trinajstić information content (AvgIpc) is 3.54. The van der Waals surface area contributed by atoms with E-state index in [1.54, 1.807) is 56.7 Å². The molecule has 0 unspecified atom stereocenters. The third-order valence-corrected chi connectivity index (χ3v) is 3.64. The quantitative estimate of drug-likeness (QED) is 0.429. The van der Waals surface area contributed by atoms with Crippen LogP contribution in [0.3, 0.4) is 0 Å². The molecular formula is C20H21ClN8O4. The van der Waals surface area contributed by atoms with Gasteiger partial charge in [0.1, 0.15) is 0 Å². The molecule has 0 atom stereocenters. The molecule has 0 radical (unpaired) electrons. The molecule has 4 aromatic rings. The average molecular weight is 473 g/mol. The second-order valence-electron chi connectivity index (χ2n) is 5.73. The van der Waals surface area contributed by atoms with Gasteiger partial charge in [-0.3, -0.25) is 5.10 Å². The summed E-state index contributed by atoms with van der Waals surface area (Å²) in [7, 11) is 0. The number of rotatable bonds is 5. The van der Waals surface area contributed by atoms with Crippen LogP contribution in [0, 0.1) is 0 Å². The van der Waals surface area contributed by atoms with Crippen molar-refractivity contribution in [3.8, 4) is 5.82 Å².